The van der Waals surface area contributed by atoms with Crippen molar-refractivity contribution in [1.82, 2.24) is 9.55 Å². The molecule has 1 heterocycles. The van der Waals surface area contributed by atoms with Crippen molar-refractivity contribution in [2.24, 2.45) is 5.92 Å². The molecule has 0 saturated carbocycles. The lowest BCUT2D eigenvalue weighted by molar-refractivity contribution is 0.522. The molecule has 1 N–H and O–H groups in total. The van der Waals surface area contributed by atoms with E-state index in [0.717, 1.165) is 17.6 Å². The molecule has 0 radical (unpaired) electrons. The average molecular weight is 246 g/mol. The summed E-state index contributed by atoms with van der Waals surface area (Å²) in [5.41, 5.74) is 3.28. The number of aromatic amines is 1. The third-order valence-electron chi connectivity index (χ3n) is 3.19. The number of H-pyrrole nitrogens is 1. The van der Waals surface area contributed by atoms with Gasteiger partial charge in [-0.3, -0.25) is 4.57 Å². The summed E-state index contributed by atoms with van der Waals surface area (Å²) in [6, 6.07) is 6.26. The summed E-state index contributed by atoms with van der Waals surface area (Å²) in [5.74, 6) is 0.462. The molecule has 2 aromatic rings. The Labute approximate surface area is 108 Å². The Morgan fingerprint density at radius 2 is 1.94 bits per heavy atom. The first-order chi connectivity index (χ1) is 8.29. The molecular formula is C15H22N2O. The van der Waals surface area contributed by atoms with Gasteiger partial charge in [0.2, 0.25) is 0 Å². The van der Waals surface area contributed by atoms with Gasteiger partial charge in [0.25, 0.3) is 0 Å². The Morgan fingerprint density at radius 3 is 2.50 bits per heavy atom. The second-order valence-electron chi connectivity index (χ2n) is 6.42. The number of nitrogens with one attached hydrogen (secondary N) is 1. The number of benzene rings is 1. The minimum absolute atomic E-state index is 0.00948. The van der Waals surface area contributed by atoms with Crippen LogP contribution in [-0.4, -0.2) is 9.55 Å². The number of hydrogen-bond donors (Lipinski definition) is 1. The normalized spacial score (nSPS) is 12.6. The summed E-state index contributed by atoms with van der Waals surface area (Å²) in [5, 5.41) is 0. The Kier molecular flexibility index (Phi) is 3.09. The van der Waals surface area contributed by atoms with E-state index >= 15 is 0 Å². The zero-order valence-corrected chi connectivity index (χ0v) is 11.9. The SMILES string of the molecule is CC(C)Cn1c(=O)[nH]c2cc(C(C)(C)C)ccc21. The highest BCUT2D eigenvalue weighted by Crippen LogP contribution is 2.25. The Morgan fingerprint density at radius 1 is 1.28 bits per heavy atom. The quantitative estimate of drug-likeness (QED) is 0.867. The molecule has 1 aromatic carbocycles. The fraction of sp³-hybridized carbons (Fsp3) is 0.533. The standard InChI is InChI=1S/C15H22N2O/c1-10(2)9-17-13-7-6-11(15(3,4)5)8-12(13)16-14(17)18/h6-8,10H,9H2,1-5H3,(H,16,18). The van der Waals surface area contributed by atoms with Crippen molar-refractivity contribution in [3.63, 3.8) is 0 Å². The maximum atomic E-state index is 11.9. The molecule has 0 aliphatic rings. The van der Waals surface area contributed by atoms with E-state index in [1.54, 1.807) is 0 Å². The van der Waals surface area contributed by atoms with Crippen LogP contribution in [0.4, 0.5) is 0 Å². The molecule has 0 spiro atoms. The molecular weight excluding hydrogens is 224 g/mol. The monoisotopic (exact) mass is 246 g/mol. The first-order valence-electron chi connectivity index (χ1n) is 6.52. The highest BCUT2D eigenvalue weighted by molar-refractivity contribution is 5.76. The van der Waals surface area contributed by atoms with Gasteiger partial charge in [-0.05, 0) is 29.0 Å². The van der Waals surface area contributed by atoms with Gasteiger partial charge in [0.15, 0.2) is 0 Å². The van der Waals surface area contributed by atoms with Crippen molar-refractivity contribution in [3.8, 4) is 0 Å². The van der Waals surface area contributed by atoms with E-state index in [4.69, 9.17) is 0 Å². The molecule has 0 fully saturated rings. The van der Waals surface area contributed by atoms with Crippen molar-refractivity contribution >= 4 is 11.0 Å². The van der Waals surface area contributed by atoms with Gasteiger partial charge in [-0.1, -0.05) is 40.7 Å². The van der Waals surface area contributed by atoms with Gasteiger partial charge in [-0.25, -0.2) is 4.79 Å². The summed E-state index contributed by atoms with van der Waals surface area (Å²) in [6.45, 7) is 11.5. The van der Waals surface area contributed by atoms with E-state index in [9.17, 15) is 4.79 Å². The Balaban J connectivity index is 2.58. The van der Waals surface area contributed by atoms with E-state index in [2.05, 4.69) is 57.8 Å². The minimum atomic E-state index is -0.00948. The molecule has 0 bridgehead atoms. The van der Waals surface area contributed by atoms with Crippen molar-refractivity contribution in [3.05, 3.63) is 34.2 Å². The van der Waals surface area contributed by atoms with Crippen LogP contribution in [0.3, 0.4) is 0 Å². The van der Waals surface area contributed by atoms with Gasteiger partial charge in [0.05, 0.1) is 11.0 Å². The summed E-state index contributed by atoms with van der Waals surface area (Å²) < 4.78 is 1.83. The van der Waals surface area contributed by atoms with E-state index < -0.39 is 0 Å². The molecule has 98 valence electrons. The van der Waals surface area contributed by atoms with E-state index in [1.165, 1.54) is 5.56 Å². The maximum Gasteiger partial charge on any atom is 0.326 e. The van der Waals surface area contributed by atoms with Crippen LogP contribution in [0.5, 0.6) is 0 Å². The molecule has 18 heavy (non-hydrogen) atoms. The smallest absolute Gasteiger partial charge is 0.306 e. The fourth-order valence-corrected chi connectivity index (χ4v) is 2.18. The van der Waals surface area contributed by atoms with Crippen LogP contribution in [0.15, 0.2) is 23.0 Å². The second kappa shape index (κ2) is 4.30. The van der Waals surface area contributed by atoms with Gasteiger partial charge < -0.3 is 4.98 Å². The Hall–Kier alpha value is -1.51. The van der Waals surface area contributed by atoms with Gasteiger partial charge >= 0.3 is 5.69 Å². The first kappa shape index (κ1) is 12.9. The van der Waals surface area contributed by atoms with E-state index in [0.29, 0.717) is 5.92 Å². The zero-order chi connectivity index (χ0) is 13.5. The molecule has 0 saturated heterocycles. The number of aromatic nitrogens is 2. The molecule has 0 aliphatic carbocycles. The highest BCUT2D eigenvalue weighted by atomic mass is 16.1. The lowest BCUT2D eigenvalue weighted by Gasteiger charge is -2.18. The summed E-state index contributed by atoms with van der Waals surface area (Å²) >= 11 is 0. The summed E-state index contributed by atoms with van der Waals surface area (Å²) in [7, 11) is 0. The lowest BCUT2D eigenvalue weighted by Crippen LogP contribution is -2.19. The molecule has 0 atom stereocenters. The zero-order valence-electron chi connectivity index (χ0n) is 11.9. The van der Waals surface area contributed by atoms with Crippen LogP contribution in [0.2, 0.25) is 0 Å². The van der Waals surface area contributed by atoms with Crippen LogP contribution in [0, 0.1) is 5.92 Å². The lowest BCUT2D eigenvalue weighted by atomic mass is 9.87. The molecule has 0 unspecified atom stereocenters. The Bertz CT molecular complexity index is 611. The third-order valence-corrected chi connectivity index (χ3v) is 3.19. The largest absolute Gasteiger partial charge is 0.326 e. The van der Waals surface area contributed by atoms with Gasteiger partial charge in [0.1, 0.15) is 0 Å². The topological polar surface area (TPSA) is 37.8 Å². The number of nitrogens with zero attached hydrogens (tertiary/aromatic N) is 1. The summed E-state index contributed by atoms with van der Waals surface area (Å²) in [6.07, 6.45) is 0. The molecule has 0 amide bonds. The van der Waals surface area contributed by atoms with Crippen molar-refractivity contribution in [2.45, 2.75) is 46.6 Å². The molecule has 0 aliphatic heterocycles. The number of rotatable bonds is 2. The van der Waals surface area contributed by atoms with Gasteiger partial charge in [0, 0.05) is 6.54 Å². The summed E-state index contributed by atoms with van der Waals surface area (Å²) in [4.78, 5) is 14.9. The van der Waals surface area contributed by atoms with Crippen LogP contribution < -0.4 is 5.69 Å². The number of hydrogen-bond acceptors (Lipinski definition) is 1. The van der Waals surface area contributed by atoms with Crippen LogP contribution in [0.1, 0.15) is 40.2 Å². The molecule has 3 heteroatoms. The predicted octanol–water partition coefficient (Wildman–Crippen LogP) is 3.28. The molecule has 3 nitrogen and oxygen atoms in total. The van der Waals surface area contributed by atoms with Crippen LogP contribution >= 0.6 is 0 Å². The predicted molar refractivity (Wildman–Crippen MR) is 76.1 cm³/mol. The second-order valence-corrected chi connectivity index (χ2v) is 6.42. The third kappa shape index (κ3) is 2.35. The number of imidazole rings is 1. The number of fused-ring (bicyclic) bond motifs is 1. The average Bonchev–Trinajstić information content (AvgIpc) is 2.53. The van der Waals surface area contributed by atoms with E-state index in [1.807, 2.05) is 4.57 Å². The van der Waals surface area contributed by atoms with Crippen LogP contribution in [-0.2, 0) is 12.0 Å². The molecule has 1 aromatic heterocycles. The van der Waals surface area contributed by atoms with Gasteiger partial charge in [-0.15, -0.1) is 0 Å². The van der Waals surface area contributed by atoms with E-state index in [-0.39, 0.29) is 11.1 Å². The van der Waals surface area contributed by atoms with Gasteiger partial charge in [-0.2, -0.15) is 0 Å². The highest BCUT2D eigenvalue weighted by Gasteiger charge is 2.16. The van der Waals surface area contributed by atoms with Crippen molar-refractivity contribution in [2.75, 3.05) is 0 Å². The molecule has 2 rings (SSSR count). The van der Waals surface area contributed by atoms with Crippen molar-refractivity contribution in [1.29, 1.82) is 0 Å². The first-order valence-corrected chi connectivity index (χ1v) is 6.52. The minimum Gasteiger partial charge on any atom is -0.306 e. The fourth-order valence-electron chi connectivity index (χ4n) is 2.18. The maximum absolute atomic E-state index is 11.9. The van der Waals surface area contributed by atoms with Crippen molar-refractivity contribution < 1.29 is 0 Å². The van der Waals surface area contributed by atoms with Crippen LogP contribution in [0.25, 0.3) is 11.0 Å².